The quantitative estimate of drug-likeness (QED) is 0.730. The lowest BCUT2D eigenvalue weighted by Gasteiger charge is -2.20. The normalized spacial score (nSPS) is 14.7. The molecular weight excluding hydrogens is 184 g/mol. The summed E-state index contributed by atoms with van der Waals surface area (Å²) in [7, 11) is 0. The van der Waals surface area contributed by atoms with Crippen LogP contribution in [0.4, 0.5) is 5.69 Å². The van der Waals surface area contributed by atoms with Crippen molar-refractivity contribution in [2.24, 2.45) is 0 Å². The first kappa shape index (κ1) is 9.84. The number of benzene rings is 1. The van der Waals surface area contributed by atoms with E-state index in [9.17, 15) is 0 Å². The fourth-order valence-electron chi connectivity index (χ4n) is 1.58. The SMILES string of the molecule is CCCC1=CN(c2ccccc2)C=C[N]1. The van der Waals surface area contributed by atoms with Crippen LogP contribution in [0, 0.1) is 0 Å². The Kier molecular flexibility index (Phi) is 3.08. The first-order valence-electron chi connectivity index (χ1n) is 5.32. The predicted octanol–water partition coefficient (Wildman–Crippen LogP) is 3.22. The van der Waals surface area contributed by atoms with Gasteiger partial charge in [-0.3, -0.25) is 5.32 Å². The zero-order valence-corrected chi connectivity index (χ0v) is 8.93. The minimum Gasteiger partial charge on any atom is -0.321 e. The molecule has 0 saturated heterocycles. The highest BCUT2D eigenvalue weighted by atomic mass is 15.1. The summed E-state index contributed by atoms with van der Waals surface area (Å²) in [5.74, 6) is 0. The Morgan fingerprint density at radius 3 is 2.73 bits per heavy atom. The van der Waals surface area contributed by atoms with E-state index in [1.807, 2.05) is 30.6 Å². The fraction of sp³-hybridized carbons (Fsp3) is 0.231. The van der Waals surface area contributed by atoms with Crippen molar-refractivity contribution < 1.29 is 0 Å². The van der Waals surface area contributed by atoms with Gasteiger partial charge in [-0.05, 0) is 18.6 Å². The Labute approximate surface area is 90.9 Å². The maximum absolute atomic E-state index is 4.33. The Bertz CT molecular complexity index is 365. The van der Waals surface area contributed by atoms with Gasteiger partial charge in [0.2, 0.25) is 0 Å². The van der Waals surface area contributed by atoms with Gasteiger partial charge in [-0.1, -0.05) is 31.5 Å². The molecule has 0 saturated carbocycles. The second-order valence-corrected chi connectivity index (χ2v) is 3.54. The molecule has 2 heteroatoms. The van der Waals surface area contributed by atoms with Crippen molar-refractivity contribution in [3.8, 4) is 0 Å². The standard InChI is InChI=1S/C13H15N2/c1-2-6-12-11-15(10-9-14-12)13-7-4-3-5-8-13/h3-5,7-11H,2,6H2,1H3. The van der Waals surface area contributed by atoms with E-state index in [4.69, 9.17) is 0 Å². The highest BCUT2D eigenvalue weighted by Crippen LogP contribution is 2.18. The van der Waals surface area contributed by atoms with Crippen LogP contribution in [-0.2, 0) is 0 Å². The number of nitrogens with zero attached hydrogens (tertiary/aromatic N) is 2. The molecule has 1 heterocycles. The number of anilines is 1. The lowest BCUT2D eigenvalue weighted by atomic mass is 10.2. The molecule has 2 rings (SSSR count). The lowest BCUT2D eigenvalue weighted by Crippen LogP contribution is -2.15. The van der Waals surface area contributed by atoms with Crippen LogP contribution >= 0.6 is 0 Å². The largest absolute Gasteiger partial charge is 0.321 e. The summed E-state index contributed by atoms with van der Waals surface area (Å²) in [6.07, 6.45) is 8.10. The van der Waals surface area contributed by atoms with Gasteiger partial charge >= 0.3 is 0 Å². The molecule has 0 unspecified atom stereocenters. The number of rotatable bonds is 3. The second kappa shape index (κ2) is 4.69. The topological polar surface area (TPSA) is 17.3 Å². The van der Waals surface area contributed by atoms with E-state index in [1.54, 1.807) is 0 Å². The fourth-order valence-corrected chi connectivity index (χ4v) is 1.58. The van der Waals surface area contributed by atoms with Gasteiger partial charge in [0, 0.05) is 24.3 Å². The number of para-hydroxylation sites is 1. The van der Waals surface area contributed by atoms with E-state index >= 15 is 0 Å². The molecule has 1 radical (unpaired) electrons. The van der Waals surface area contributed by atoms with Gasteiger partial charge < -0.3 is 4.90 Å². The van der Waals surface area contributed by atoms with Crippen molar-refractivity contribution in [2.75, 3.05) is 4.90 Å². The van der Waals surface area contributed by atoms with E-state index in [0.717, 1.165) is 18.5 Å². The molecule has 0 amide bonds. The summed E-state index contributed by atoms with van der Waals surface area (Å²) in [5, 5.41) is 4.33. The summed E-state index contributed by atoms with van der Waals surface area (Å²) < 4.78 is 0. The third-order valence-electron chi connectivity index (χ3n) is 2.32. The lowest BCUT2D eigenvalue weighted by molar-refractivity contribution is 0.811. The van der Waals surface area contributed by atoms with E-state index in [-0.39, 0.29) is 0 Å². The average molecular weight is 199 g/mol. The molecular formula is C13H15N2. The van der Waals surface area contributed by atoms with E-state index < -0.39 is 0 Å². The van der Waals surface area contributed by atoms with Crippen molar-refractivity contribution in [1.29, 1.82) is 0 Å². The number of hydrogen-bond donors (Lipinski definition) is 0. The molecule has 1 aromatic carbocycles. The molecule has 2 nitrogen and oxygen atoms in total. The second-order valence-electron chi connectivity index (χ2n) is 3.54. The minimum absolute atomic E-state index is 1.04. The van der Waals surface area contributed by atoms with Gasteiger partial charge in [-0.25, -0.2) is 0 Å². The Balaban J connectivity index is 2.16. The molecule has 0 N–H and O–H groups in total. The molecule has 1 aromatic rings. The molecule has 0 bridgehead atoms. The molecule has 15 heavy (non-hydrogen) atoms. The highest BCUT2D eigenvalue weighted by molar-refractivity contribution is 5.53. The molecule has 0 aromatic heterocycles. The van der Waals surface area contributed by atoms with Crippen molar-refractivity contribution in [2.45, 2.75) is 19.8 Å². The van der Waals surface area contributed by atoms with Crippen LogP contribution in [0.5, 0.6) is 0 Å². The molecule has 0 aliphatic carbocycles. The Morgan fingerprint density at radius 2 is 2.00 bits per heavy atom. The summed E-state index contributed by atoms with van der Waals surface area (Å²) in [6.45, 7) is 2.17. The zero-order valence-electron chi connectivity index (χ0n) is 8.93. The van der Waals surface area contributed by atoms with Gasteiger partial charge in [0.25, 0.3) is 0 Å². The first-order valence-corrected chi connectivity index (χ1v) is 5.32. The van der Waals surface area contributed by atoms with Crippen LogP contribution in [0.15, 0.2) is 54.6 Å². The van der Waals surface area contributed by atoms with Crippen LogP contribution in [0.2, 0.25) is 0 Å². The molecule has 1 aliphatic heterocycles. The molecule has 1 aliphatic rings. The monoisotopic (exact) mass is 199 g/mol. The molecule has 77 valence electrons. The van der Waals surface area contributed by atoms with Crippen molar-refractivity contribution >= 4 is 5.69 Å². The van der Waals surface area contributed by atoms with Gasteiger partial charge in [-0.15, -0.1) is 0 Å². The summed E-state index contributed by atoms with van der Waals surface area (Å²) in [6, 6.07) is 10.3. The maximum Gasteiger partial charge on any atom is 0.0569 e. The van der Waals surface area contributed by atoms with E-state index in [0.29, 0.717) is 0 Å². The summed E-state index contributed by atoms with van der Waals surface area (Å²) in [5.41, 5.74) is 2.32. The van der Waals surface area contributed by atoms with Crippen LogP contribution in [0.3, 0.4) is 0 Å². The Morgan fingerprint density at radius 1 is 1.20 bits per heavy atom. The van der Waals surface area contributed by atoms with Crippen molar-refractivity contribution in [3.05, 3.63) is 54.6 Å². The molecule has 0 atom stereocenters. The maximum atomic E-state index is 4.33. The summed E-state index contributed by atoms with van der Waals surface area (Å²) in [4.78, 5) is 2.11. The number of hydrogen-bond acceptors (Lipinski definition) is 1. The van der Waals surface area contributed by atoms with Crippen molar-refractivity contribution in [3.63, 3.8) is 0 Å². The Hall–Kier alpha value is -1.70. The zero-order chi connectivity index (χ0) is 10.5. The third-order valence-corrected chi connectivity index (χ3v) is 2.32. The smallest absolute Gasteiger partial charge is 0.0569 e. The highest BCUT2D eigenvalue weighted by Gasteiger charge is 2.06. The van der Waals surface area contributed by atoms with Crippen molar-refractivity contribution in [1.82, 2.24) is 5.32 Å². The van der Waals surface area contributed by atoms with Gasteiger partial charge in [0.15, 0.2) is 0 Å². The molecule has 0 spiro atoms. The molecule has 0 fully saturated rings. The van der Waals surface area contributed by atoms with Crippen LogP contribution in [0.25, 0.3) is 0 Å². The van der Waals surface area contributed by atoms with Crippen LogP contribution in [0.1, 0.15) is 19.8 Å². The number of allylic oxidation sites excluding steroid dienone is 1. The predicted molar refractivity (Wildman–Crippen MR) is 63.2 cm³/mol. The average Bonchev–Trinajstić information content (AvgIpc) is 2.31. The minimum atomic E-state index is 1.04. The van der Waals surface area contributed by atoms with Crippen LogP contribution < -0.4 is 10.2 Å². The van der Waals surface area contributed by atoms with Gasteiger partial charge in [0.05, 0.1) is 5.70 Å². The van der Waals surface area contributed by atoms with E-state index in [2.05, 4.69) is 35.5 Å². The van der Waals surface area contributed by atoms with Gasteiger partial charge in [-0.2, -0.15) is 0 Å². The van der Waals surface area contributed by atoms with Crippen LogP contribution in [-0.4, -0.2) is 0 Å². The third kappa shape index (κ3) is 2.40. The summed E-state index contributed by atoms with van der Waals surface area (Å²) >= 11 is 0. The first-order chi connectivity index (χ1) is 7.40. The van der Waals surface area contributed by atoms with Gasteiger partial charge in [0.1, 0.15) is 0 Å². The van der Waals surface area contributed by atoms with E-state index in [1.165, 1.54) is 5.69 Å².